The Balaban J connectivity index is 2.97. The van der Waals surface area contributed by atoms with E-state index in [1.807, 2.05) is 0 Å². The fourth-order valence-electron chi connectivity index (χ4n) is 0.690. The summed E-state index contributed by atoms with van der Waals surface area (Å²) in [6.07, 6.45) is -2.12. The summed E-state index contributed by atoms with van der Waals surface area (Å²) in [4.78, 5) is 21.0. The molecule has 1 aliphatic rings. The molecular weight excluding hydrogens is 169 g/mol. The topological polar surface area (TPSA) is 102 Å². The predicted molar refractivity (Wildman–Crippen MR) is 32.1 cm³/mol. The van der Waals surface area contributed by atoms with Gasteiger partial charge in [0.25, 0.3) is 5.91 Å². The number of aliphatic hydroxyl groups excluding tert-OH is 1. The molecule has 2 atom stereocenters. The number of nitriles is 1. The first-order chi connectivity index (χ1) is 5.50. The molecule has 1 aliphatic heterocycles. The molecule has 3 amide bonds. The lowest BCUT2D eigenvalue weighted by Crippen LogP contribution is -2.66. The maximum Gasteiger partial charge on any atom is 0.323 e. The third kappa shape index (κ3) is 0.981. The standard InChI is InChI=1S/C5H4FN3O3/c6-5(1-7)2(10)8-4(12)9-3(5)11/h2,10H,(H2,8,9,11,12). The van der Waals surface area contributed by atoms with E-state index in [1.165, 1.54) is 5.32 Å². The van der Waals surface area contributed by atoms with Gasteiger partial charge in [0, 0.05) is 0 Å². The predicted octanol–water partition coefficient (Wildman–Crippen LogP) is -1.62. The van der Waals surface area contributed by atoms with Gasteiger partial charge < -0.3 is 10.4 Å². The first-order valence-corrected chi connectivity index (χ1v) is 2.91. The van der Waals surface area contributed by atoms with Gasteiger partial charge in [-0.05, 0) is 0 Å². The van der Waals surface area contributed by atoms with E-state index < -0.39 is 23.8 Å². The molecule has 0 aliphatic carbocycles. The molecule has 0 aromatic carbocycles. The summed E-state index contributed by atoms with van der Waals surface area (Å²) in [7, 11) is 0. The lowest BCUT2D eigenvalue weighted by atomic mass is 10.0. The molecule has 1 heterocycles. The molecule has 0 aromatic heterocycles. The Morgan fingerprint density at radius 2 is 2.25 bits per heavy atom. The van der Waals surface area contributed by atoms with Gasteiger partial charge in [-0.25, -0.2) is 9.18 Å². The second-order valence-electron chi connectivity index (χ2n) is 2.15. The molecule has 0 aromatic rings. The number of rotatable bonds is 0. The average molecular weight is 173 g/mol. The number of carbonyl (C=O) groups is 2. The van der Waals surface area contributed by atoms with E-state index >= 15 is 0 Å². The minimum absolute atomic E-state index is 0.957. The third-order valence-electron chi connectivity index (χ3n) is 1.36. The maximum absolute atomic E-state index is 13.0. The minimum Gasteiger partial charge on any atom is -0.369 e. The smallest absolute Gasteiger partial charge is 0.323 e. The molecule has 1 fully saturated rings. The van der Waals surface area contributed by atoms with Gasteiger partial charge in [-0.3, -0.25) is 10.1 Å². The third-order valence-corrected chi connectivity index (χ3v) is 1.36. The van der Waals surface area contributed by atoms with Crippen LogP contribution in [0.3, 0.4) is 0 Å². The lowest BCUT2D eigenvalue weighted by molar-refractivity contribution is -0.137. The van der Waals surface area contributed by atoms with E-state index in [2.05, 4.69) is 0 Å². The van der Waals surface area contributed by atoms with Crippen LogP contribution in [0.25, 0.3) is 0 Å². The van der Waals surface area contributed by atoms with Crippen LogP contribution in [0.4, 0.5) is 9.18 Å². The fourth-order valence-corrected chi connectivity index (χ4v) is 0.690. The average Bonchev–Trinajstić information content (AvgIpc) is 2.00. The van der Waals surface area contributed by atoms with Gasteiger partial charge in [0.1, 0.15) is 6.07 Å². The molecular formula is C5H4FN3O3. The Labute approximate surface area is 66.0 Å². The van der Waals surface area contributed by atoms with Crippen LogP contribution in [-0.2, 0) is 4.79 Å². The van der Waals surface area contributed by atoms with Gasteiger partial charge in [0.2, 0.25) is 0 Å². The van der Waals surface area contributed by atoms with Gasteiger partial charge in [0.05, 0.1) is 0 Å². The van der Waals surface area contributed by atoms with Crippen LogP contribution >= 0.6 is 0 Å². The number of amides is 3. The summed E-state index contributed by atoms with van der Waals surface area (Å²) in [6, 6.07) is -0.0745. The Bertz CT molecular complexity index is 286. The molecule has 0 spiro atoms. The van der Waals surface area contributed by atoms with Crippen LogP contribution in [0.15, 0.2) is 0 Å². The number of nitrogens with one attached hydrogen (secondary N) is 2. The zero-order valence-electron chi connectivity index (χ0n) is 5.67. The van der Waals surface area contributed by atoms with E-state index in [0.717, 1.165) is 6.07 Å². The monoisotopic (exact) mass is 173 g/mol. The Morgan fingerprint density at radius 3 is 2.67 bits per heavy atom. The van der Waals surface area contributed by atoms with Crippen LogP contribution in [0.2, 0.25) is 0 Å². The molecule has 6 nitrogen and oxygen atoms in total. The summed E-state index contributed by atoms with van der Waals surface area (Å²) in [6.45, 7) is 0. The first kappa shape index (κ1) is 8.42. The van der Waals surface area contributed by atoms with Crippen molar-refractivity contribution in [3.05, 3.63) is 0 Å². The highest BCUT2D eigenvalue weighted by molar-refractivity contribution is 6.03. The van der Waals surface area contributed by atoms with Crippen molar-refractivity contribution in [2.75, 3.05) is 0 Å². The molecule has 64 valence electrons. The molecule has 12 heavy (non-hydrogen) atoms. The van der Waals surface area contributed by atoms with E-state index in [1.54, 1.807) is 5.32 Å². The van der Waals surface area contributed by atoms with E-state index in [4.69, 9.17) is 10.4 Å². The van der Waals surface area contributed by atoms with Crippen molar-refractivity contribution in [1.29, 1.82) is 5.26 Å². The van der Waals surface area contributed by atoms with E-state index in [0.29, 0.717) is 0 Å². The van der Waals surface area contributed by atoms with Gasteiger partial charge in [-0.15, -0.1) is 0 Å². The second-order valence-corrected chi connectivity index (χ2v) is 2.15. The largest absolute Gasteiger partial charge is 0.369 e. The molecule has 0 bridgehead atoms. The molecule has 2 unspecified atom stereocenters. The lowest BCUT2D eigenvalue weighted by Gasteiger charge is -2.27. The maximum atomic E-state index is 13.0. The summed E-state index contributed by atoms with van der Waals surface area (Å²) in [5, 5.41) is 20.1. The highest BCUT2D eigenvalue weighted by atomic mass is 19.1. The number of urea groups is 1. The quantitative estimate of drug-likeness (QED) is 0.409. The van der Waals surface area contributed by atoms with Gasteiger partial charge in [-0.2, -0.15) is 5.26 Å². The number of carbonyl (C=O) groups excluding carboxylic acids is 2. The van der Waals surface area contributed by atoms with Crippen LogP contribution in [0.1, 0.15) is 0 Å². The molecule has 1 rings (SSSR count). The zero-order valence-corrected chi connectivity index (χ0v) is 5.67. The highest BCUT2D eigenvalue weighted by Gasteiger charge is 2.51. The van der Waals surface area contributed by atoms with Gasteiger partial charge in [-0.1, -0.05) is 0 Å². The Kier molecular flexibility index (Phi) is 1.70. The molecule has 7 heteroatoms. The van der Waals surface area contributed by atoms with Gasteiger partial charge in [0.15, 0.2) is 6.23 Å². The normalized spacial score (nSPS) is 34.9. The molecule has 1 saturated heterocycles. The van der Waals surface area contributed by atoms with Crippen molar-refractivity contribution < 1.29 is 19.1 Å². The van der Waals surface area contributed by atoms with Crippen LogP contribution < -0.4 is 10.6 Å². The van der Waals surface area contributed by atoms with E-state index in [-0.39, 0.29) is 0 Å². The van der Waals surface area contributed by atoms with E-state index in [9.17, 15) is 14.0 Å². The van der Waals surface area contributed by atoms with Crippen molar-refractivity contribution >= 4 is 11.9 Å². The first-order valence-electron chi connectivity index (χ1n) is 2.91. The Hall–Kier alpha value is -1.68. The Morgan fingerprint density at radius 1 is 1.67 bits per heavy atom. The summed E-state index contributed by atoms with van der Waals surface area (Å²) in [5.41, 5.74) is -3.10. The molecule has 0 saturated carbocycles. The number of nitrogens with zero attached hydrogens (tertiary/aromatic N) is 1. The number of aliphatic hydroxyl groups is 1. The van der Waals surface area contributed by atoms with Gasteiger partial charge >= 0.3 is 11.7 Å². The highest BCUT2D eigenvalue weighted by Crippen LogP contribution is 2.16. The molecule has 3 N–H and O–H groups in total. The second kappa shape index (κ2) is 2.42. The van der Waals surface area contributed by atoms with Crippen molar-refractivity contribution in [2.24, 2.45) is 0 Å². The number of halogens is 1. The number of alkyl halides is 1. The van der Waals surface area contributed by atoms with Crippen molar-refractivity contribution in [3.63, 3.8) is 0 Å². The number of hydrogen-bond acceptors (Lipinski definition) is 4. The van der Waals surface area contributed by atoms with Crippen LogP contribution in [-0.4, -0.2) is 28.9 Å². The summed E-state index contributed by atoms with van der Waals surface area (Å²) in [5.74, 6) is -1.46. The summed E-state index contributed by atoms with van der Waals surface area (Å²) < 4.78 is 13.0. The fraction of sp³-hybridized carbons (Fsp3) is 0.400. The van der Waals surface area contributed by atoms with Crippen molar-refractivity contribution in [3.8, 4) is 6.07 Å². The van der Waals surface area contributed by atoms with Crippen LogP contribution in [0.5, 0.6) is 0 Å². The van der Waals surface area contributed by atoms with Crippen molar-refractivity contribution in [1.82, 2.24) is 10.6 Å². The number of hydrogen-bond donors (Lipinski definition) is 3. The SMILES string of the molecule is N#CC1(F)C(=O)NC(=O)NC1O. The zero-order chi connectivity index (χ0) is 9.35. The molecule has 0 radical (unpaired) electrons. The number of imide groups is 1. The van der Waals surface area contributed by atoms with Crippen molar-refractivity contribution in [2.45, 2.75) is 11.9 Å². The summed E-state index contributed by atoms with van der Waals surface area (Å²) >= 11 is 0. The minimum atomic E-state index is -3.10. The van der Waals surface area contributed by atoms with Crippen LogP contribution in [0, 0.1) is 11.3 Å².